The molecule has 1 heterocycles. The molecule has 2 atom stereocenters. The molecule has 1 aromatic rings. The van der Waals surface area contributed by atoms with Gasteiger partial charge in [-0.2, -0.15) is 0 Å². The molecule has 1 aliphatic rings. The van der Waals surface area contributed by atoms with Crippen molar-refractivity contribution in [3.8, 4) is 0 Å². The molecule has 0 bridgehead atoms. The minimum absolute atomic E-state index is 0.0820. The van der Waals surface area contributed by atoms with Crippen LogP contribution in [0.3, 0.4) is 0 Å². The lowest BCUT2D eigenvalue weighted by molar-refractivity contribution is -0.150. The summed E-state index contributed by atoms with van der Waals surface area (Å²) in [6.45, 7) is 4.40. The number of likely N-dealkylation sites (tertiary alicyclic amines) is 1. The number of carbonyl (C=O) groups is 3. The van der Waals surface area contributed by atoms with Gasteiger partial charge in [-0.1, -0.05) is 17.7 Å². The van der Waals surface area contributed by atoms with Gasteiger partial charge >= 0.3 is 5.97 Å². The largest absolute Gasteiger partial charge is 0.480 e. The second-order valence-electron chi connectivity index (χ2n) is 6.42. The number of carboxylic acids is 1. The molecule has 1 aromatic carbocycles. The molecule has 0 radical (unpaired) electrons. The van der Waals surface area contributed by atoms with Gasteiger partial charge in [-0.25, -0.2) is 4.79 Å². The fourth-order valence-electron chi connectivity index (χ4n) is 2.89. The van der Waals surface area contributed by atoms with E-state index in [1.54, 1.807) is 17.0 Å². The number of benzene rings is 1. The van der Waals surface area contributed by atoms with Crippen LogP contribution in [0.15, 0.2) is 24.3 Å². The zero-order valence-corrected chi connectivity index (χ0v) is 14.4. The molecular formula is C18H24N2O4. The fourth-order valence-corrected chi connectivity index (χ4v) is 2.89. The molecule has 1 saturated heterocycles. The Morgan fingerprint density at radius 3 is 2.46 bits per heavy atom. The van der Waals surface area contributed by atoms with Crippen molar-refractivity contribution >= 4 is 17.8 Å². The lowest BCUT2D eigenvalue weighted by Crippen LogP contribution is -2.49. The molecule has 2 unspecified atom stereocenters. The van der Waals surface area contributed by atoms with Crippen LogP contribution in [0.25, 0.3) is 0 Å². The number of likely N-dealkylation sites (N-methyl/N-ethyl adjacent to an activating group) is 1. The molecule has 2 rings (SSSR count). The second-order valence-corrected chi connectivity index (χ2v) is 6.42. The highest BCUT2D eigenvalue weighted by molar-refractivity contribution is 5.95. The number of rotatable bonds is 4. The third-order valence-electron chi connectivity index (χ3n) is 4.64. The smallest absolute Gasteiger partial charge is 0.326 e. The standard InChI is InChI=1S/C18H24N2O4/c1-12-6-8-14(9-7-12)17(22)20-10-4-5-15(11-20)16(21)19(3)13(2)18(23)24/h6-9,13,15H,4-5,10-11H2,1-3H3,(H,23,24). The predicted octanol–water partition coefficient (Wildman–Crippen LogP) is 1.78. The lowest BCUT2D eigenvalue weighted by atomic mass is 9.95. The molecular weight excluding hydrogens is 308 g/mol. The number of amides is 2. The van der Waals surface area contributed by atoms with Crippen molar-refractivity contribution in [1.82, 2.24) is 9.80 Å². The minimum atomic E-state index is -1.03. The van der Waals surface area contributed by atoms with Crippen molar-refractivity contribution in [3.63, 3.8) is 0 Å². The molecule has 1 fully saturated rings. The number of piperidine rings is 1. The maximum Gasteiger partial charge on any atom is 0.326 e. The van der Waals surface area contributed by atoms with Crippen molar-refractivity contribution in [2.45, 2.75) is 32.7 Å². The summed E-state index contributed by atoms with van der Waals surface area (Å²) in [5.74, 6) is -1.68. The van der Waals surface area contributed by atoms with Gasteiger partial charge in [0.25, 0.3) is 5.91 Å². The summed E-state index contributed by atoms with van der Waals surface area (Å²) in [6, 6.07) is 6.49. The number of nitrogens with zero attached hydrogens (tertiary/aromatic N) is 2. The molecule has 1 N–H and O–H groups in total. The summed E-state index contributed by atoms with van der Waals surface area (Å²) >= 11 is 0. The number of carbonyl (C=O) groups excluding carboxylic acids is 2. The van der Waals surface area contributed by atoms with E-state index in [0.29, 0.717) is 25.1 Å². The molecule has 24 heavy (non-hydrogen) atoms. The van der Waals surface area contributed by atoms with Gasteiger partial charge in [0.2, 0.25) is 5.91 Å². The Bertz CT molecular complexity index is 626. The Balaban J connectivity index is 2.05. The number of aryl methyl sites for hydroxylation is 1. The fraction of sp³-hybridized carbons (Fsp3) is 0.500. The monoisotopic (exact) mass is 332 g/mol. The highest BCUT2D eigenvalue weighted by Crippen LogP contribution is 2.21. The molecule has 0 saturated carbocycles. The lowest BCUT2D eigenvalue weighted by Gasteiger charge is -2.35. The predicted molar refractivity (Wildman–Crippen MR) is 89.7 cm³/mol. The quantitative estimate of drug-likeness (QED) is 0.912. The normalized spacial score (nSPS) is 18.8. The maximum atomic E-state index is 12.6. The summed E-state index contributed by atoms with van der Waals surface area (Å²) in [6.07, 6.45) is 1.41. The van der Waals surface area contributed by atoms with Crippen LogP contribution in [0.5, 0.6) is 0 Å². The van der Waals surface area contributed by atoms with E-state index < -0.39 is 12.0 Å². The molecule has 0 spiro atoms. The van der Waals surface area contributed by atoms with Crippen LogP contribution in [-0.2, 0) is 9.59 Å². The molecule has 0 aromatic heterocycles. The van der Waals surface area contributed by atoms with Crippen LogP contribution < -0.4 is 0 Å². The third kappa shape index (κ3) is 3.93. The number of hydrogen-bond donors (Lipinski definition) is 1. The first kappa shape index (κ1) is 18.0. The first-order valence-corrected chi connectivity index (χ1v) is 8.16. The van der Waals surface area contributed by atoms with Gasteiger partial charge in [0.05, 0.1) is 5.92 Å². The Kier molecular flexibility index (Phi) is 5.59. The van der Waals surface area contributed by atoms with E-state index in [1.807, 2.05) is 19.1 Å². The van der Waals surface area contributed by atoms with Crippen LogP contribution in [0.1, 0.15) is 35.7 Å². The Labute approximate surface area is 142 Å². The van der Waals surface area contributed by atoms with Gasteiger partial charge in [-0.3, -0.25) is 9.59 Å². The SMILES string of the molecule is Cc1ccc(C(=O)N2CCCC(C(=O)N(C)C(C)C(=O)O)C2)cc1. The molecule has 0 aliphatic carbocycles. The van der Waals surface area contributed by atoms with E-state index in [2.05, 4.69) is 0 Å². The van der Waals surface area contributed by atoms with E-state index in [1.165, 1.54) is 18.9 Å². The summed E-state index contributed by atoms with van der Waals surface area (Å²) < 4.78 is 0. The molecule has 6 nitrogen and oxygen atoms in total. The highest BCUT2D eigenvalue weighted by Gasteiger charge is 2.33. The van der Waals surface area contributed by atoms with Crippen molar-refractivity contribution in [1.29, 1.82) is 0 Å². The van der Waals surface area contributed by atoms with Crippen LogP contribution in [0.2, 0.25) is 0 Å². The number of aliphatic carboxylic acids is 1. The average molecular weight is 332 g/mol. The van der Waals surface area contributed by atoms with E-state index in [-0.39, 0.29) is 17.7 Å². The Hall–Kier alpha value is -2.37. The third-order valence-corrected chi connectivity index (χ3v) is 4.64. The van der Waals surface area contributed by atoms with E-state index in [0.717, 1.165) is 12.0 Å². The summed E-state index contributed by atoms with van der Waals surface area (Å²) in [5.41, 5.74) is 1.70. The van der Waals surface area contributed by atoms with E-state index >= 15 is 0 Å². The second kappa shape index (κ2) is 7.47. The molecule has 130 valence electrons. The summed E-state index contributed by atoms with van der Waals surface area (Å²) in [4.78, 5) is 39.1. The van der Waals surface area contributed by atoms with Crippen LogP contribution in [0.4, 0.5) is 0 Å². The minimum Gasteiger partial charge on any atom is -0.480 e. The van der Waals surface area contributed by atoms with Crippen molar-refractivity contribution in [3.05, 3.63) is 35.4 Å². The van der Waals surface area contributed by atoms with Gasteiger partial charge in [0, 0.05) is 25.7 Å². The van der Waals surface area contributed by atoms with Gasteiger partial charge in [-0.05, 0) is 38.8 Å². The summed E-state index contributed by atoms with van der Waals surface area (Å²) in [5, 5.41) is 9.05. The zero-order valence-electron chi connectivity index (χ0n) is 14.4. The van der Waals surface area contributed by atoms with Crippen molar-refractivity contribution < 1.29 is 19.5 Å². The van der Waals surface area contributed by atoms with Crippen LogP contribution in [0, 0.1) is 12.8 Å². The van der Waals surface area contributed by atoms with Gasteiger partial charge in [0.15, 0.2) is 0 Å². The maximum absolute atomic E-state index is 12.6. The first-order valence-electron chi connectivity index (χ1n) is 8.16. The number of carboxylic acid groups (broad SMARTS) is 1. The molecule has 1 aliphatic heterocycles. The Morgan fingerprint density at radius 1 is 1.25 bits per heavy atom. The topological polar surface area (TPSA) is 77.9 Å². The Morgan fingerprint density at radius 2 is 1.88 bits per heavy atom. The van der Waals surface area contributed by atoms with Crippen molar-refractivity contribution in [2.24, 2.45) is 5.92 Å². The van der Waals surface area contributed by atoms with Crippen molar-refractivity contribution in [2.75, 3.05) is 20.1 Å². The number of hydrogen-bond acceptors (Lipinski definition) is 3. The van der Waals surface area contributed by atoms with E-state index in [4.69, 9.17) is 5.11 Å². The zero-order chi connectivity index (χ0) is 17.9. The average Bonchev–Trinajstić information content (AvgIpc) is 2.59. The van der Waals surface area contributed by atoms with Gasteiger partial charge < -0.3 is 14.9 Å². The first-order chi connectivity index (χ1) is 11.3. The van der Waals surface area contributed by atoms with E-state index in [9.17, 15) is 14.4 Å². The van der Waals surface area contributed by atoms with Gasteiger partial charge in [-0.15, -0.1) is 0 Å². The van der Waals surface area contributed by atoms with Crippen LogP contribution in [-0.4, -0.2) is 58.9 Å². The summed E-state index contributed by atoms with van der Waals surface area (Å²) in [7, 11) is 1.50. The highest BCUT2D eigenvalue weighted by atomic mass is 16.4. The van der Waals surface area contributed by atoms with Crippen LogP contribution >= 0.6 is 0 Å². The van der Waals surface area contributed by atoms with Gasteiger partial charge in [0.1, 0.15) is 6.04 Å². The molecule has 2 amide bonds. The molecule has 6 heteroatoms.